The highest BCUT2D eigenvalue weighted by atomic mass is 31.3. The minimum Gasteiger partial charge on any atom is -0.324 e. The summed E-state index contributed by atoms with van der Waals surface area (Å²) in [5.74, 6) is 0. The molecular formula is C6H14N2O5P2. The van der Waals surface area contributed by atoms with Crippen LogP contribution in [0.4, 0.5) is 0 Å². The van der Waals surface area contributed by atoms with Gasteiger partial charge in [0.25, 0.3) is 0 Å². The molecule has 0 saturated carbocycles. The zero-order valence-electron chi connectivity index (χ0n) is 8.48. The maximum Gasteiger partial charge on any atom is 0.340 e. The van der Waals surface area contributed by atoms with E-state index in [2.05, 4.69) is 14.3 Å². The van der Waals surface area contributed by atoms with Crippen molar-refractivity contribution < 1.29 is 23.2 Å². The van der Waals surface area contributed by atoms with Crippen molar-refractivity contribution >= 4 is 27.6 Å². The highest BCUT2D eigenvalue weighted by molar-refractivity contribution is 7.67. The van der Waals surface area contributed by atoms with Crippen LogP contribution >= 0.6 is 15.2 Å². The molecule has 2 atom stereocenters. The second kappa shape index (κ2) is 6.30. The van der Waals surface area contributed by atoms with Crippen molar-refractivity contribution in [2.45, 2.75) is 0 Å². The lowest BCUT2D eigenvalue weighted by molar-refractivity contribution is 0.338. The molecule has 0 aromatic heterocycles. The number of hydrogen-bond acceptors (Lipinski definition) is 5. The van der Waals surface area contributed by atoms with E-state index in [4.69, 9.17) is 9.79 Å². The summed E-state index contributed by atoms with van der Waals surface area (Å²) in [5.41, 5.74) is 0. The van der Waals surface area contributed by atoms with E-state index in [0.717, 1.165) is 12.4 Å². The molecule has 0 amide bonds. The van der Waals surface area contributed by atoms with Gasteiger partial charge in [-0.15, -0.1) is 0 Å². The van der Waals surface area contributed by atoms with Crippen molar-refractivity contribution in [3.8, 4) is 0 Å². The van der Waals surface area contributed by atoms with Crippen LogP contribution in [0.3, 0.4) is 0 Å². The molecule has 0 heterocycles. The van der Waals surface area contributed by atoms with E-state index in [0.29, 0.717) is 0 Å². The highest BCUT2D eigenvalue weighted by Gasteiger charge is 2.30. The van der Waals surface area contributed by atoms with Gasteiger partial charge in [0.15, 0.2) is 0 Å². The van der Waals surface area contributed by atoms with Gasteiger partial charge in [-0.3, -0.25) is 9.13 Å². The summed E-state index contributed by atoms with van der Waals surface area (Å²) < 4.78 is 26.7. The second-order valence-corrected chi connectivity index (χ2v) is 6.54. The smallest absolute Gasteiger partial charge is 0.324 e. The Morgan fingerprint density at radius 1 is 1.07 bits per heavy atom. The minimum absolute atomic E-state index is 0.392. The van der Waals surface area contributed by atoms with Crippen LogP contribution in [0.15, 0.2) is 9.98 Å². The second-order valence-electron chi connectivity index (χ2n) is 2.60. The van der Waals surface area contributed by atoms with Crippen molar-refractivity contribution in [2.24, 2.45) is 9.98 Å². The van der Waals surface area contributed by atoms with Crippen molar-refractivity contribution in [2.75, 3.05) is 26.4 Å². The maximum atomic E-state index is 11.2. The number of hydrogen-bond donors (Lipinski definition) is 2. The number of nitrogens with zero attached hydrogens (tertiary/aromatic N) is 2. The zero-order chi connectivity index (χ0) is 11.9. The Balaban J connectivity index is 4.43. The third kappa shape index (κ3) is 7.59. The van der Waals surface area contributed by atoms with Crippen LogP contribution in [0.25, 0.3) is 0 Å². The summed E-state index contributed by atoms with van der Waals surface area (Å²) in [5, 5.41) is 0. The first kappa shape index (κ1) is 14.7. The van der Waals surface area contributed by atoms with Gasteiger partial charge in [-0.25, -0.2) is 4.31 Å². The Morgan fingerprint density at radius 3 is 1.67 bits per heavy atom. The molecule has 0 fully saturated rings. The largest absolute Gasteiger partial charge is 0.340 e. The minimum atomic E-state index is -4.09. The fourth-order valence-corrected chi connectivity index (χ4v) is 3.50. The molecule has 88 valence electrons. The average molecular weight is 256 g/mol. The van der Waals surface area contributed by atoms with Gasteiger partial charge in [0.1, 0.15) is 0 Å². The number of rotatable bonds is 6. The Morgan fingerprint density at radius 2 is 1.40 bits per heavy atom. The van der Waals surface area contributed by atoms with Crippen LogP contribution in [0.1, 0.15) is 0 Å². The molecule has 0 aliphatic carbocycles. The van der Waals surface area contributed by atoms with Crippen LogP contribution in [0.5, 0.6) is 0 Å². The van der Waals surface area contributed by atoms with Gasteiger partial charge in [-0.1, -0.05) is 0 Å². The number of aliphatic imine (C=N–C) groups is 2. The molecule has 0 aliphatic heterocycles. The summed E-state index contributed by atoms with van der Waals surface area (Å²) in [6, 6.07) is 0. The van der Waals surface area contributed by atoms with E-state index in [1.54, 1.807) is 0 Å². The molecule has 0 bridgehead atoms. The topological polar surface area (TPSA) is 109 Å². The van der Waals surface area contributed by atoms with Gasteiger partial charge in [0, 0.05) is 26.5 Å². The van der Waals surface area contributed by atoms with E-state index in [1.165, 1.54) is 14.1 Å². The average Bonchev–Trinajstić information content (AvgIpc) is 2.10. The SMILES string of the molecule is CN=CCP(=O)(O)OP(=O)(O)CC=NC. The maximum absolute atomic E-state index is 11.2. The molecule has 0 saturated heterocycles. The zero-order valence-corrected chi connectivity index (χ0v) is 10.3. The van der Waals surface area contributed by atoms with Crippen molar-refractivity contribution in [1.29, 1.82) is 0 Å². The first-order valence-electron chi connectivity index (χ1n) is 3.99. The standard InChI is InChI=1S/C6H14N2O5P2/c1-7-3-5-14(9,10)13-15(11,12)6-4-8-2/h3-4H,5-6H2,1-2H3,(H,9,10)(H,11,12). The van der Waals surface area contributed by atoms with Crippen molar-refractivity contribution in [3.63, 3.8) is 0 Å². The lowest BCUT2D eigenvalue weighted by Crippen LogP contribution is -1.98. The monoisotopic (exact) mass is 256 g/mol. The predicted octanol–water partition coefficient (Wildman–Crippen LogP) is 0.775. The molecular weight excluding hydrogens is 242 g/mol. The third-order valence-corrected chi connectivity index (χ3v) is 4.54. The molecule has 2 N–H and O–H groups in total. The van der Waals surface area contributed by atoms with E-state index in [1.807, 2.05) is 0 Å². The lowest BCUT2D eigenvalue weighted by atomic mass is 10.9. The summed E-state index contributed by atoms with van der Waals surface area (Å²) in [4.78, 5) is 25.2. The molecule has 0 aromatic rings. The molecule has 0 radical (unpaired) electrons. The molecule has 7 nitrogen and oxygen atoms in total. The normalized spacial score (nSPS) is 20.5. The van der Waals surface area contributed by atoms with Gasteiger partial charge in [0.2, 0.25) is 0 Å². The van der Waals surface area contributed by atoms with Crippen LogP contribution in [0, 0.1) is 0 Å². The van der Waals surface area contributed by atoms with E-state index in [9.17, 15) is 9.13 Å². The quantitative estimate of drug-likeness (QED) is 0.539. The Hall–Kier alpha value is -0.320. The van der Waals surface area contributed by atoms with E-state index < -0.39 is 27.5 Å². The van der Waals surface area contributed by atoms with Crippen molar-refractivity contribution in [1.82, 2.24) is 0 Å². The molecule has 2 unspecified atom stereocenters. The van der Waals surface area contributed by atoms with Crippen LogP contribution in [-0.2, 0) is 13.4 Å². The predicted molar refractivity (Wildman–Crippen MR) is 59.3 cm³/mol. The summed E-state index contributed by atoms with van der Waals surface area (Å²) in [6.07, 6.45) is 1.51. The fraction of sp³-hybridized carbons (Fsp3) is 0.667. The lowest BCUT2D eigenvalue weighted by Gasteiger charge is -2.13. The Kier molecular flexibility index (Phi) is 6.17. The summed E-state index contributed by atoms with van der Waals surface area (Å²) in [7, 11) is -5.35. The Bertz CT molecular complexity index is 308. The van der Waals surface area contributed by atoms with Crippen LogP contribution in [-0.4, -0.2) is 48.6 Å². The van der Waals surface area contributed by atoms with Gasteiger partial charge in [-0.05, 0) is 0 Å². The van der Waals surface area contributed by atoms with Gasteiger partial charge in [-0.2, -0.15) is 0 Å². The third-order valence-electron chi connectivity index (χ3n) is 1.25. The van der Waals surface area contributed by atoms with Gasteiger partial charge < -0.3 is 19.8 Å². The molecule has 9 heteroatoms. The molecule has 15 heavy (non-hydrogen) atoms. The Labute approximate surface area is 88.0 Å². The van der Waals surface area contributed by atoms with E-state index in [-0.39, 0.29) is 0 Å². The van der Waals surface area contributed by atoms with E-state index >= 15 is 0 Å². The first-order chi connectivity index (χ1) is 6.83. The van der Waals surface area contributed by atoms with Crippen LogP contribution in [0.2, 0.25) is 0 Å². The first-order valence-corrected chi connectivity index (χ1v) is 7.52. The molecule has 0 aliphatic rings. The van der Waals surface area contributed by atoms with Crippen LogP contribution < -0.4 is 0 Å². The summed E-state index contributed by atoms with van der Waals surface area (Å²) in [6.45, 7) is 0. The van der Waals surface area contributed by atoms with Gasteiger partial charge >= 0.3 is 15.2 Å². The fourth-order valence-electron chi connectivity index (χ4n) is 0.636. The van der Waals surface area contributed by atoms with Gasteiger partial charge in [0.05, 0.1) is 12.3 Å². The molecule has 0 rings (SSSR count). The highest BCUT2D eigenvalue weighted by Crippen LogP contribution is 2.58. The van der Waals surface area contributed by atoms with Crippen molar-refractivity contribution in [3.05, 3.63) is 0 Å². The molecule has 0 spiro atoms. The molecule has 0 aromatic carbocycles. The summed E-state index contributed by atoms with van der Waals surface area (Å²) >= 11 is 0.